The van der Waals surface area contributed by atoms with Gasteiger partial charge in [0.05, 0.1) is 11.1 Å². The first kappa shape index (κ1) is 19.8. The van der Waals surface area contributed by atoms with Crippen LogP contribution < -0.4 is 0 Å². The smallest absolute Gasteiger partial charge is 0.270 e. The predicted molar refractivity (Wildman–Crippen MR) is 111 cm³/mol. The molecule has 0 radical (unpaired) electrons. The minimum Gasteiger partial charge on any atom is -0.283 e. The van der Waals surface area contributed by atoms with Crippen LogP contribution >= 0.6 is 11.8 Å². The van der Waals surface area contributed by atoms with E-state index in [4.69, 9.17) is 0 Å². The van der Waals surface area contributed by atoms with Crippen LogP contribution in [0.2, 0.25) is 0 Å². The Kier molecular flexibility index (Phi) is 5.60. The Morgan fingerprint density at radius 2 is 1.86 bits per heavy atom. The Balaban J connectivity index is 1.89. The number of nitro groups is 1. The highest BCUT2D eigenvalue weighted by atomic mass is 32.2. The topological polar surface area (TPSA) is 88.2 Å². The van der Waals surface area contributed by atoms with E-state index in [1.807, 2.05) is 51.1 Å². The number of hydrogen-bond acceptors (Lipinski definition) is 6. The summed E-state index contributed by atoms with van der Waals surface area (Å²) >= 11 is 1.35. The summed E-state index contributed by atoms with van der Waals surface area (Å²) in [5.74, 6) is -0.0343. The average Bonchev–Trinajstić information content (AvgIpc) is 2.99. The molecule has 0 unspecified atom stereocenters. The summed E-state index contributed by atoms with van der Waals surface area (Å²) in [6.45, 7) is 5.83. The fourth-order valence-electron chi connectivity index (χ4n) is 2.81. The van der Waals surface area contributed by atoms with Gasteiger partial charge in [-0.15, -0.1) is 5.10 Å². The lowest BCUT2D eigenvalue weighted by Gasteiger charge is -2.30. The lowest BCUT2D eigenvalue weighted by Crippen LogP contribution is -2.45. The molecule has 1 aliphatic heterocycles. The molecule has 2 aromatic rings. The maximum atomic E-state index is 13.0. The van der Waals surface area contributed by atoms with Gasteiger partial charge in [0.15, 0.2) is 5.17 Å². The molecule has 8 heteroatoms. The van der Waals surface area contributed by atoms with E-state index in [1.54, 1.807) is 17.0 Å². The molecule has 1 atom stereocenters. The van der Waals surface area contributed by atoms with Gasteiger partial charge in [-0.3, -0.25) is 19.8 Å². The zero-order valence-corrected chi connectivity index (χ0v) is 16.6. The Hall–Kier alpha value is -3.00. The minimum atomic E-state index is -0.458. The Morgan fingerprint density at radius 3 is 2.50 bits per heavy atom. The van der Waals surface area contributed by atoms with Crippen LogP contribution in [0.3, 0.4) is 0 Å². The maximum Gasteiger partial charge on any atom is 0.270 e. The van der Waals surface area contributed by atoms with Crippen LogP contribution in [0.25, 0.3) is 0 Å². The highest BCUT2D eigenvalue weighted by Gasteiger charge is 2.44. The van der Waals surface area contributed by atoms with Gasteiger partial charge in [-0.05, 0) is 26.3 Å². The maximum absolute atomic E-state index is 13.0. The van der Waals surface area contributed by atoms with Crippen molar-refractivity contribution < 1.29 is 9.72 Å². The third-order valence-corrected chi connectivity index (χ3v) is 5.25. The van der Waals surface area contributed by atoms with Crippen molar-refractivity contribution in [3.63, 3.8) is 0 Å². The first-order chi connectivity index (χ1) is 13.3. The zero-order chi connectivity index (χ0) is 20.3. The van der Waals surface area contributed by atoms with Crippen LogP contribution in [0.15, 0.2) is 64.8 Å². The standard InChI is InChI=1S/C20H20N4O3S/c1-20(2,3)23-18(25)17(15-9-5-4-6-10-15)28-19(23)22-21-13-14-8-7-11-16(12-14)24(26)27/h4-13,17H,1-3H3/b21-13-,22-19+/t17-/m1/s1. The SMILES string of the molecule is CC(C)(C)N1C(=O)[C@@H](c2ccccc2)S/C1=N/N=C\c1cccc([N+](=O)[O-])c1. The van der Waals surface area contributed by atoms with E-state index < -0.39 is 10.5 Å². The molecular weight excluding hydrogens is 376 g/mol. The van der Waals surface area contributed by atoms with Gasteiger partial charge < -0.3 is 0 Å². The number of thioether (sulfide) groups is 1. The molecule has 144 valence electrons. The van der Waals surface area contributed by atoms with Gasteiger partial charge in [0, 0.05) is 23.2 Å². The average molecular weight is 396 g/mol. The van der Waals surface area contributed by atoms with Gasteiger partial charge in [-0.25, -0.2) is 0 Å². The van der Waals surface area contributed by atoms with Crippen LogP contribution in [0.5, 0.6) is 0 Å². The number of benzene rings is 2. The van der Waals surface area contributed by atoms with Crippen molar-refractivity contribution in [3.05, 3.63) is 75.8 Å². The Labute approximate surface area is 167 Å². The van der Waals surface area contributed by atoms with E-state index >= 15 is 0 Å². The highest BCUT2D eigenvalue weighted by molar-refractivity contribution is 8.15. The van der Waals surface area contributed by atoms with E-state index in [1.165, 1.54) is 30.1 Å². The second-order valence-corrected chi connectivity index (χ2v) is 8.30. The lowest BCUT2D eigenvalue weighted by atomic mass is 10.0. The summed E-state index contributed by atoms with van der Waals surface area (Å²) in [6.07, 6.45) is 1.45. The summed E-state index contributed by atoms with van der Waals surface area (Å²) in [4.78, 5) is 25.1. The molecule has 0 aromatic heterocycles. The molecule has 1 heterocycles. The van der Waals surface area contributed by atoms with Crippen molar-refractivity contribution in [2.75, 3.05) is 0 Å². The third kappa shape index (κ3) is 4.28. The lowest BCUT2D eigenvalue weighted by molar-refractivity contribution is -0.384. The molecule has 1 fully saturated rings. The number of nitrogens with zero attached hydrogens (tertiary/aromatic N) is 4. The first-order valence-corrected chi connectivity index (χ1v) is 9.56. The van der Waals surface area contributed by atoms with Crippen molar-refractivity contribution in [3.8, 4) is 0 Å². The van der Waals surface area contributed by atoms with Gasteiger partial charge in [-0.2, -0.15) is 5.10 Å². The molecule has 1 aliphatic rings. The van der Waals surface area contributed by atoms with Crippen molar-refractivity contribution in [2.24, 2.45) is 10.2 Å². The number of amidine groups is 1. The molecule has 3 rings (SSSR count). The number of carbonyl (C=O) groups excluding carboxylic acids is 1. The Morgan fingerprint density at radius 1 is 1.14 bits per heavy atom. The van der Waals surface area contributed by atoms with Gasteiger partial charge in [0.25, 0.3) is 5.69 Å². The zero-order valence-electron chi connectivity index (χ0n) is 15.8. The number of rotatable bonds is 4. The largest absolute Gasteiger partial charge is 0.283 e. The minimum absolute atomic E-state index is 0.0116. The van der Waals surface area contributed by atoms with Crippen LogP contribution in [-0.2, 0) is 4.79 Å². The molecule has 0 bridgehead atoms. The summed E-state index contributed by atoms with van der Waals surface area (Å²) in [6, 6.07) is 15.7. The second-order valence-electron chi connectivity index (χ2n) is 7.23. The molecular formula is C20H20N4O3S. The molecule has 2 aromatic carbocycles. The Bertz CT molecular complexity index is 951. The molecule has 1 amide bonds. The molecule has 1 saturated heterocycles. The quantitative estimate of drug-likeness (QED) is 0.435. The summed E-state index contributed by atoms with van der Waals surface area (Å²) in [5.41, 5.74) is 1.02. The summed E-state index contributed by atoms with van der Waals surface area (Å²) in [5, 5.41) is 19.3. The molecule has 0 spiro atoms. The van der Waals surface area contributed by atoms with Crippen LogP contribution in [-0.4, -0.2) is 32.7 Å². The molecule has 28 heavy (non-hydrogen) atoms. The fraction of sp³-hybridized carbons (Fsp3) is 0.250. The predicted octanol–water partition coefficient (Wildman–Crippen LogP) is 4.40. The monoisotopic (exact) mass is 396 g/mol. The number of carbonyl (C=O) groups is 1. The molecule has 0 aliphatic carbocycles. The number of amides is 1. The van der Waals surface area contributed by atoms with E-state index in [0.717, 1.165) is 5.56 Å². The molecule has 0 saturated carbocycles. The van der Waals surface area contributed by atoms with E-state index in [-0.39, 0.29) is 16.8 Å². The number of non-ortho nitro benzene ring substituents is 1. The normalized spacial score (nSPS) is 19.0. The van der Waals surface area contributed by atoms with Crippen molar-refractivity contribution in [1.29, 1.82) is 0 Å². The highest BCUT2D eigenvalue weighted by Crippen LogP contribution is 2.42. The van der Waals surface area contributed by atoms with E-state index in [0.29, 0.717) is 10.7 Å². The fourth-order valence-corrected chi connectivity index (χ4v) is 4.08. The van der Waals surface area contributed by atoms with E-state index in [9.17, 15) is 14.9 Å². The summed E-state index contributed by atoms with van der Waals surface area (Å²) < 4.78 is 0. The van der Waals surface area contributed by atoms with Gasteiger partial charge >= 0.3 is 0 Å². The molecule has 0 N–H and O–H groups in total. The van der Waals surface area contributed by atoms with Gasteiger partial charge in [0.1, 0.15) is 5.25 Å². The van der Waals surface area contributed by atoms with E-state index in [2.05, 4.69) is 10.2 Å². The van der Waals surface area contributed by atoms with Crippen molar-refractivity contribution in [1.82, 2.24) is 4.90 Å². The number of hydrogen-bond donors (Lipinski definition) is 0. The second kappa shape index (κ2) is 7.93. The summed E-state index contributed by atoms with van der Waals surface area (Å²) in [7, 11) is 0. The number of nitro benzene ring substituents is 1. The van der Waals surface area contributed by atoms with Gasteiger partial charge in [0.2, 0.25) is 5.91 Å². The van der Waals surface area contributed by atoms with Gasteiger partial charge in [-0.1, -0.05) is 54.2 Å². The third-order valence-electron chi connectivity index (χ3n) is 4.06. The molecule has 7 nitrogen and oxygen atoms in total. The van der Waals surface area contributed by atoms with Crippen LogP contribution in [0.4, 0.5) is 5.69 Å². The van der Waals surface area contributed by atoms with Crippen molar-refractivity contribution in [2.45, 2.75) is 31.6 Å². The van der Waals surface area contributed by atoms with Crippen LogP contribution in [0, 0.1) is 10.1 Å². The van der Waals surface area contributed by atoms with Crippen molar-refractivity contribution >= 4 is 34.7 Å². The van der Waals surface area contributed by atoms with Crippen LogP contribution in [0.1, 0.15) is 37.1 Å². The first-order valence-electron chi connectivity index (χ1n) is 8.68.